The number of nitrogens with zero attached hydrogens (tertiary/aromatic N) is 1. The van der Waals surface area contributed by atoms with Gasteiger partial charge in [0.15, 0.2) is 11.5 Å². The topological polar surface area (TPSA) is 100 Å². The van der Waals surface area contributed by atoms with Crippen molar-refractivity contribution in [2.75, 3.05) is 33.5 Å². The summed E-state index contributed by atoms with van der Waals surface area (Å²) < 4.78 is 21.9. The van der Waals surface area contributed by atoms with Gasteiger partial charge in [-0.05, 0) is 18.1 Å². The van der Waals surface area contributed by atoms with Gasteiger partial charge in [0.25, 0.3) is 0 Å². The van der Waals surface area contributed by atoms with E-state index >= 15 is 0 Å². The monoisotopic (exact) mass is 353 g/mol. The first-order valence-electron chi connectivity index (χ1n) is 8.45. The third-order valence-corrected chi connectivity index (χ3v) is 3.94. The summed E-state index contributed by atoms with van der Waals surface area (Å²) in [5, 5.41) is 20.9. The van der Waals surface area contributed by atoms with Crippen LogP contribution in [0, 0.1) is 10.1 Å². The Morgan fingerprint density at radius 1 is 1.32 bits per heavy atom. The number of unbranched alkanes of at least 4 members (excludes halogenated alkanes) is 1. The average Bonchev–Trinajstić information content (AvgIpc) is 2.89. The summed E-state index contributed by atoms with van der Waals surface area (Å²) in [6, 6.07) is 3.33. The second-order valence-corrected chi connectivity index (χ2v) is 5.76. The van der Waals surface area contributed by atoms with Crippen molar-refractivity contribution in [2.45, 2.75) is 32.3 Å². The van der Waals surface area contributed by atoms with Crippen LogP contribution in [-0.4, -0.2) is 50.5 Å². The Morgan fingerprint density at radius 3 is 2.76 bits per heavy atom. The van der Waals surface area contributed by atoms with Crippen molar-refractivity contribution in [3.8, 4) is 11.5 Å². The molecule has 0 aromatic heterocycles. The Balaban J connectivity index is 2.04. The molecular formula is C16H24BNO7. The van der Waals surface area contributed by atoms with Gasteiger partial charge < -0.3 is 23.9 Å². The molecule has 138 valence electrons. The molecule has 1 unspecified atom stereocenters. The minimum atomic E-state index is -1.27. The van der Waals surface area contributed by atoms with E-state index in [9.17, 15) is 15.1 Å². The van der Waals surface area contributed by atoms with Gasteiger partial charge in [-0.1, -0.05) is 19.4 Å². The zero-order chi connectivity index (χ0) is 18.2. The van der Waals surface area contributed by atoms with Gasteiger partial charge in [-0.25, -0.2) is 0 Å². The van der Waals surface area contributed by atoms with Crippen LogP contribution in [-0.2, 0) is 9.39 Å². The average molecular weight is 353 g/mol. The molecule has 1 aromatic carbocycles. The first-order chi connectivity index (χ1) is 12.1. The molecule has 0 radical (unpaired) electrons. The zero-order valence-electron chi connectivity index (χ0n) is 14.6. The van der Waals surface area contributed by atoms with E-state index in [1.165, 1.54) is 7.11 Å². The summed E-state index contributed by atoms with van der Waals surface area (Å²) in [6.07, 6.45) is 2.01. The molecule has 0 fully saturated rings. The lowest BCUT2D eigenvalue weighted by Crippen LogP contribution is -2.30. The predicted molar refractivity (Wildman–Crippen MR) is 92.1 cm³/mol. The Hall–Kier alpha value is -1.84. The van der Waals surface area contributed by atoms with Crippen molar-refractivity contribution in [2.24, 2.45) is 0 Å². The molecule has 0 saturated carbocycles. The Morgan fingerprint density at radius 2 is 2.08 bits per heavy atom. The van der Waals surface area contributed by atoms with Crippen LogP contribution in [0.5, 0.6) is 11.5 Å². The number of hydrogen-bond donors (Lipinski definition) is 1. The van der Waals surface area contributed by atoms with Crippen LogP contribution in [0.1, 0.15) is 37.9 Å². The Labute approximate surface area is 147 Å². The molecule has 1 N–H and O–H groups in total. The molecule has 8 nitrogen and oxygen atoms in total. The minimum Gasteiger partial charge on any atom is -0.493 e. The third-order valence-electron chi connectivity index (χ3n) is 3.94. The van der Waals surface area contributed by atoms with E-state index in [4.69, 9.17) is 18.9 Å². The first kappa shape index (κ1) is 19.5. The SMILES string of the molecule is CCCCOCCCOc1c(OC)ccc2c1B(O)OC2C[N+](=O)[O-]. The van der Waals surface area contributed by atoms with Crippen LogP contribution >= 0.6 is 0 Å². The van der Waals surface area contributed by atoms with Crippen molar-refractivity contribution in [3.63, 3.8) is 0 Å². The lowest BCUT2D eigenvalue weighted by molar-refractivity contribution is -0.490. The lowest BCUT2D eigenvalue weighted by atomic mass is 9.78. The van der Waals surface area contributed by atoms with E-state index in [-0.39, 0.29) is 0 Å². The molecule has 9 heteroatoms. The van der Waals surface area contributed by atoms with Crippen LogP contribution in [0.15, 0.2) is 12.1 Å². The van der Waals surface area contributed by atoms with Gasteiger partial charge in [0.1, 0.15) is 6.10 Å². The normalized spacial score (nSPS) is 16.0. The van der Waals surface area contributed by atoms with Gasteiger partial charge >= 0.3 is 7.12 Å². The van der Waals surface area contributed by atoms with Crippen molar-refractivity contribution in [3.05, 3.63) is 27.8 Å². The fourth-order valence-corrected chi connectivity index (χ4v) is 2.70. The van der Waals surface area contributed by atoms with E-state index in [1.807, 2.05) is 0 Å². The van der Waals surface area contributed by atoms with Crippen LogP contribution in [0.25, 0.3) is 0 Å². The number of benzene rings is 1. The van der Waals surface area contributed by atoms with Crippen molar-refractivity contribution < 1.29 is 28.8 Å². The van der Waals surface area contributed by atoms with E-state index < -0.39 is 24.7 Å². The van der Waals surface area contributed by atoms with Crippen LogP contribution < -0.4 is 14.9 Å². The molecule has 25 heavy (non-hydrogen) atoms. The maximum Gasteiger partial charge on any atom is 0.496 e. The van der Waals surface area contributed by atoms with E-state index in [2.05, 4.69) is 6.92 Å². The maximum atomic E-state index is 10.8. The van der Waals surface area contributed by atoms with Gasteiger partial charge in [0, 0.05) is 30.0 Å². The molecule has 1 aromatic rings. The highest BCUT2D eigenvalue weighted by molar-refractivity contribution is 6.63. The second kappa shape index (κ2) is 9.60. The second-order valence-electron chi connectivity index (χ2n) is 5.76. The molecule has 1 atom stereocenters. The summed E-state index contributed by atoms with van der Waals surface area (Å²) in [5.74, 6) is 0.821. The van der Waals surface area contributed by atoms with E-state index in [0.29, 0.717) is 42.2 Å². The van der Waals surface area contributed by atoms with E-state index in [0.717, 1.165) is 19.4 Å². The zero-order valence-corrected chi connectivity index (χ0v) is 14.6. The molecule has 2 rings (SSSR count). The van der Waals surface area contributed by atoms with Gasteiger partial charge in [-0.3, -0.25) is 10.1 Å². The van der Waals surface area contributed by atoms with E-state index in [1.54, 1.807) is 12.1 Å². The summed E-state index contributed by atoms with van der Waals surface area (Å²) >= 11 is 0. The summed E-state index contributed by atoms with van der Waals surface area (Å²) in [6.45, 7) is 3.39. The van der Waals surface area contributed by atoms with Gasteiger partial charge in [0.05, 0.1) is 13.7 Å². The highest BCUT2D eigenvalue weighted by Gasteiger charge is 2.41. The molecule has 1 aliphatic heterocycles. The molecule has 0 spiro atoms. The van der Waals surface area contributed by atoms with Crippen LogP contribution in [0.2, 0.25) is 0 Å². The number of rotatable bonds is 11. The summed E-state index contributed by atoms with van der Waals surface area (Å²) in [7, 11) is 0.227. The quantitative estimate of drug-likeness (QED) is 0.277. The summed E-state index contributed by atoms with van der Waals surface area (Å²) in [5.41, 5.74) is 0.956. The van der Waals surface area contributed by atoms with Gasteiger partial charge in [-0.15, -0.1) is 0 Å². The number of nitro groups is 1. The molecule has 0 amide bonds. The number of fused-ring (bicyclic) bond motifs is 1. The minimum absolute atomic E-state index is 0.368. The first-order valence-corrected chi connectivity index (χ1v) is 8.45. The standard InChI is InChI=1S/C16H24BNO7/c1-3-4-8-23-9-5-10-24-16-13(22-2)7-6-12-14(11-18(20)21)25-17(19)15(12)16/h6-7,14,19H,3-5,8-11H2,1-2H3. The van der Waals surface area contributed by atoms with Crippen molar-refractivity contribution >= 4 is 12.6 Å². The maximum absolute atomic E-state index is 10.8. The summed E-state index contributed by atoms with van der Waals surface area (Å²) in [4.78, 5) is 10.3. The van der Waals surface area contributed by atoms with Crippen molar-refractivity contribution in [1.29, 1.82) is 0 Å². The lowest BCUT2D eigenvalue weighted by Gasteiger charge is -2.15. The smallest absolute Gasteiger partial charge is 0.493 e. The van der Waals surface area contributed by atoms with Gasteiger partial charge in [0.2, 0.25) is 6.54 Å². The predicted octanol–water partition coefficient (Wildman–Crippen LogP) is 1.32. The fraction of sp³-hybridized carbons (Fsp3) is 0.625. The molecule has 0 aliphatic carbocycles. The molecule has 1 aliphatic rings. The number of ether oxygens (including phenoxy) is 3. The largest absolute Gasteiger partial charge is 0.496 e. The number of hydrogen-bond acceptors (Lipinski definition) is 7. The van der Waals surface area contributed by atoms with Crippen molar-refractivity contribution in [1.82, 2.24) is 0 Å². The van der Waals surface area contributed by atoms with Crippen LogP contribution in [0.4, 0.5) is 0 Å². The van der Waals surface area contributed by atoms with Crippen LogP contribution in [0.3, 0.4) is 0 Å². The molecular weight excluding hydrogens is 329 g/mol. The Bertz CT molecular complexity index is 584. The molecule has 0 saturated heterocycles. The Kier molecular flexibility index (Phi) is 7.48. The van der Waals surface area contributed by atoms with Gasteiger partial charge in [-0.2, -0.15) is 0 Å². The number of methoxy groups -OCH3 is 1. The highest BCUT2D eigenvalue weighted by Crippen LogP contribution is 2.34. The molecule has 0 bridgehead atoms. The fourth-order valence-electron chi connectivity index (χ4n) is 2.70. The molecule has 1 heterocycles. The third kappa shape index (κ3) is 5.07. The highest BCUT2D eigenvalue weighted by atomic mass is 16.6.